The first-order valence-electron chi connectivity index (χ1n) is 10.3. The van der Waals surface area contributed by atoms with E-state index in [1.165, 1.54) is 55.3 Å². The summed E-state index contributed by atoms with van der Waals surface area (Å²) in [5, 5.41) is 2.65. The molecule has 0 amide bonds. The van der Waals surface area contributed by atoms with E-state index in [9.17, 15) is 0 Å². The molecule has 1 aliphatic carbocycles. The topological polar surface area (TPSA) is 4.93 Å². The number of aryl methyl sites for hydroxylation is 1. The summed E-state index contributed by atoms with van der Waals surface area (Å²) in [5.74, 6) is 0. The maximum absolute atomic E-state index is 2.44. The Morgan fingerprint density at radius 3 is 2.17 bits per heavy atom. The van der Waals surface area contributed by atoms with Gasteiger partial charge in [0.15, 0.2) is 0 Å². The number of rotatable bonds is 1. The molecule has 0 atom stereocenters. The van der Waals surface area contributed by atoms with Crippen LogP contribution in [0.4, 0.5) is 0 Å². The first kappa shape index (κ1) is 16.6. The van der Waals surface area contributed by atoms with Gasteiger partial charge in [-0.3, -0.25) is 0 Å². The van der Waals surface area contributed by atoms with Crippen molar-refractivity contribution in [3.8, 4) is 16.8 Å². The van der Waals surface area contributed by atoms with Crippen LogP contribution >= 0.6 is 0 Å². The summed E-state index contributed by atoms with van der Waals surface area (Å²) in [7, 11) is 0. The molecule has 1 heteroatoms. The Hall–Kier alpha value is -3.32. The summed E-state index contributed by atoms with van der Waals surface area (Å²) in [6.45, 7) is 6.87. The highest BCUT2D eigenvalue weighted by Crippen LogP contribution is 2.50. The van der Waals surface area contributed by atoms with E-state index in [2.05, 4.69) is 110 Å². The zero-order valence-electron chi connectivity index (χ0n) is 17.0. The fraction of sp³-hybridized carbons (Fsp3) is 0.143. The van der Waals surface area contributed by atoms with Crippen molar-refractivity contribution in [3.63, 3.8) is 0 Å². The molecule has 1 aliphatic rings. The molecule has 0 aliphatic heterocycles. The van der Waals surface area contributed by atoms with Crippen LogP contribution in [0.3, 0.4) is 0 Å². The van der Waals surface area contributed by atoms with Gasteiger partial charge in [0.25, 0.3) is 0 Å². The van der Waals surface area contributed by atoms with Gasteiger partial charge >= 0.3 is 0 Å². The van der Waals surface area contributed by atoms with Gasteiger partial charge in [-0.25, -0.2) is 0 Å². The Morgan fingerprint density at radius 2 is 1.34 bits per heavy atom. The number of benzene rings is 4. The summed E-state index contributed by atoms with van der Waals surface area (Å²) in [6, 6.07) is 31.3. The molecule has 29 heavy (non-hydrogen) atoms. The average Bonchev–Trinajstić information content (AvgIpc) is 3.16. The highest BCUT2D eigenvalue weighted by molar-refractivity contribution is 6.11. The predicted octanol–water partition coefficient (Wildman–Crippen LogP) is 7.40. The minimum Gasteiger partial charge on any atom is -0.309 e. The van der Waals surface area contributed by atoms with Crippen LogP contribution in [0.1, 0.15) is 30.5 Å². The van der Waals surface area contributed by atoms with Crippen molar-refractivity contribution in [2.45, 2.75) is 26.2 Å². The minimum absolute atomic E-state index is 0.00794. The second-order valence-corrected chi connectivity index (χ2v) is 8.78. The summed E-state index contributed by atoms with van der Waals surface area (Å²) in [4.78, 5) is 0. The Morgan fingerprint density at radius 1 is 0.621 bits per heavy atom. The van der Waals surface area contributed by atoms with Crippen molar-refractivity contribution in [2.75, 3.05) is 0 Å². The minimum atomic E-state index is 0.00794. The molecule has 0 unspecified atom stereocenters. The van der Waals surface area contributed by atoms with Gasteiger partial charge in [-0.1, -0.05) is 68.4 Å². The molecule has 1 nitrogen and oxygen atoms in total. The maximum Gasteiger partial charge on any atom is 0.0544 e. The fourth-order valence-corrected chi connectivity index (χ4v) is 5.18. The fourth-order valence-electron chi connectivity index (χ4n) is 5.18. The molecular weight excluding hydrogens is 350 g/mol. The van der Waals surface area contributed by atoms with Crippen LogP contribution in [-0.4, -0.2) is 4.57 Å². The monoisotopic (exact) mass is 373 g/mol. The van der Waals surface area contributed by atoms with Gasteiger partial charge in [-0.15, -0.1) is 0 Å². The van der Waals surface area contributed by atoms with Crippen molar-refractivity contribution in [1.29, 1.82) is 0 Å². The zero-order chi connectivity index (χ0) is 19.8. The van der Waals surface area contributed by atoms with Crippen LogP contribution in [0.2, 0.25) is 0 Å². The molecular formula is C28H23N. The van der Waals surface area contributed by atoms with E-state index in [-0.39, 0.29) is 5.41 Å². The van der Waals surface area contributed by atoms with Crippen molar-refractivity contribution in [1.82, 2.24) is 4.57 Å². The maximum atomic E-state index is 2.44. The molecule has 0 spiro atoms. The first-order valence-corrected chi connectivity index (χ1v) is 10.3. The molecule has 4 aromatic carbocycles. The quantitative estimate of drug-likeness (QED) is 0.288. The largest absolute Gasteiger partial charge is 0.309 e. The molecule has 1 heterocycles. The smallest absolute Gasteiger partial charge is 0.0544 e. The van der Waals surface area contributed by atoms with Crippen LogP contribution in [0.25, 0.3) is 38.6 Å². The third-order valence-electron chi connectivity index (χ3n) is 6.64. The summed E-state index contributed by atoms with van der Waals surface area (Å²) in [6.07, 6.45) is 0. The second-order valence-electron chi connectivity index (χ2n) is 8.78. The molecule has 0 N–H and O–H groups in total. The van der Waals surface area contributed by atoms with Crippen molar-refractivity contribution < 1.29 is 0 Å². The summed E-state index contributed by atoms with van der Waals surface area (Å²) < 4.78 is 2.43. The van der Waals surface area contributed by atoms with Gasteiger partial charge in [-0.05, 0) is 65.1 Å². The Balaban J connectivity index is 1.80. The lowest BCUT2D eigenvalue weighted by atomic mass is 9.82. The van der Waals surface area contributed by atoms with E-state index in [4.69, 9.17) is 0 Å². The molecule has 140 valence electrons. The van der Waals surface area contributed by atoms with Gasteiger partial charge < -0.3 is 4.57 Å². The van der Waals surface area contributed by atoms with E-state index in [1.54, 1.807) is 0 Å². The van der Waals surface area contributed by atoms with Crippen LogP contribution in [0.5, 0.6) is 0 Å². The normalized spacial score (nSPS) is 14.3. The lowest BCUT2D eigenvalue weighted by molar-refractivity contribution is 0.661. The lowest BCUT2D eigenvalue weighted by Crippen LogP contribution is -2.14. The molecule has 0 saturated heterocycles. The Labute approximate surface area is 171 Å². The number of hydrogen-bond donors (Lipinski definition) is 0. The van der Waals surface area contributed by atoms with E-state index < -0.39 is 0 Å². The van der Waals surface area contributed by atoms with Gasteiger partial charge in [0.1, 0.15) is 0 Å². The van der Waals surface area contributed by atoms with Crippen LogP contribution in [0.15, 0.2) is 84.9 Å². The molecule has 6 rings (SSSR count). The van der Waals surface area contributed by atoms with Crippen LogP contribution in [-0.2, 0) is 5.41 Å². The molecule has 0 radical (unpaired) electrons. The molecule has 5 aromatic rings. The third-order valence-corrected chi connectivity index (χ3v) is 6.64. The number of hydrogen-bond acceptors (Lipinski definition) is 0. The number of aromatic nitrogens is 1. The average molecular weight is 373 g/mol. The van der Waals surface area contributed by atoms with E-state index in [0.717, 1.165) is 0 Å². The van der Waals surface area contributed by atoms with Crippen molar-refractivity contribution in [3.05, 3.63) is 102 Å². The van der Waals surface area contributed by atoms with E-state index in [0.29, 0.717) is 0 Å². The zero-order valence-corrected chi connectivity index (χ0v) is 17.0. The standard InChI is InChI=1S/C28H23N/c1-18-13-14-21-23-16-22-20-11-7-8-12-24(20)28(2,3)25(22)17-27(23)29(26(21)15-18)19-9-5-4-6-10-19/h4-17H,1-3H3. The SMILES string of the molecule is Cc1ccc2c3cc4c(cc3n(-c3ccccc3)c2c1)C(C)(C)c1ccccc1-4. The van der Waals surface area contributed by atoms with Gasteiger partial charge in [0.2, 0.25) is 0 Å². The molecule has 0 fully saturated rings. The Bertz CT molecular complexity index is 1420. The van der Waals surface area contributed by atoms with Crippen LogP contribution in [0, 0.1) is 6.92 Å². The van der Waals surface area contributed by atoms with Gasteiger partial charge in [-0.2, -0.15) is 0 Å². The first-order chi connectivity index (χ1) is 14.1. The van der Waals surface area contributed by atoms with Gasteiger partial charge in [0, 0.05) is 21.9 Å². The summed E-state index contributed by atoms with van der Waals surface area (Å²) in [5.41, 5.74) is 10.7. The molecule has 0 bridgehead atoms. The predicted molar refractivity (Wildman–Crippen MR) is 123 cm³/mol. The molecule has 0 saturated carbocycles. The van der Waals surface area contributed by atoms with Gasteiger partial charge in [0.05, 0.1) is 11.0 Å². The highest BCUT2D eigenvalue weighted by Gasteiger charge is 2.36. The molecule has 1 aromatic heterocycles. The summed E-state index contributed by atoms with van der Waals surface area (Å²) >= 11 is 0. The van der Waals surface area contributed by atoms with Crippen molar-refractivity contribution in [2.24, 2.45) is 0 Å². The third kappa shape index (κ3) is 2.16. The van der Waals surface area contributed by atoms with E-state index in [1.807, 2.05) is 0 Å². The van der Waals surface area contributed by atoms with E-state index >= 15 is 0 Å². The number of fused-ring (bicyclic) bond motifs is 6. The second kappa shape index (κ2) is 5.61. The highest BCUT2D eigenvalue weighted by atomic mass is 15.0. The Kier molecular flexibility index (Phi) is 3.21. The number of nitrogens with zero attached hydrogens (tertiary/aromatic N) is 1. The number of para-hydroxylation sites is 1. The van der Waals surface area contributed by atoms with Crippen molar-refractivity contribution >= 4 is 21.8 Å². The van der Waals surface area contributed by atoms with Crippen LogP contribution < -0.4 is 0 Å². The lowest BCUT2D eigenvalue weighted by Gasteiger charge is -2.21.